The van der Waals surface area contributed by atoms with Crippen molar-refractivity contribution in [2.24, 2.45) is 0 Å². The lowest BCUT2D eigenvalue weighted by Crippen LogP contribution is -1.97. The Balaban J connectivity index is 2.49. The van der Waals surface area contributed by atoms with Gasteiger partial charge in [0.15, 0.2) is 0 Å². The molecule has 0 saturated heterocycles. The molecule has 5 heteroatoms. The molecule has 3 nitrogen and oxygen atoms in total. The molecule has 0 radical (unpaired) electrons. The van der Waals surface area contributed by atoms with Gasteiger partial charge in [0.05, 0.1) is 5.69 Å². The number of hydrogen-bond donors (Lipinski definition) is 1. The van der Waals surface area contributed by atoms with Gasteiger partial charge < -0.3 is 5.32 Å². The summed E-state index contributed by atoms with van der Waals surface area (Å²) in [5, 5.41) is 2.75. The second-order valence-corrected chi connectivity index (χ2v) is 3.14. The van der Waals surface area contributed by atoms with Crippen molar-refractivity contribution in [1.82, 2.24) is 9.97 Å². The predicted molar refractivity (Wildman–Crippen MR) is 56.9 cm³/mol. The predicted octanol–water partition coefficient (Wildman–Crippen LogP) is 2.46. The quantitative estimate of drug-likeness (QED) is 0.846. The van der Waals surface area contributed by atoms with Crippen molar-refractivity contribution in [1.29, 1.82) is 0 Å². The van der Waals surface area contributed by atoms with E-state index < -0.39 is 11.6 Å². The Morgan fingerprint density at radius 2 is 2.00 bits per heavy atom. The third-order valence-electron chi connectivity index (χ3n) is 2.09. The zero-order valence-electron chi connectivity index (χ0n) is 8.54. The minimum absolute atomic E-state index is 0.250. The summed E-state index contributed by atoms with van der Waals surface area (Å²) < 4.78 is 26.2. The van der Waals surface area contributed by atoms with Gasteiger partial charge in [0.2, 0.25) is 5.95 Å². The molecule has 0 saturated carbocycles. The van der Waals surface area contributed by atoms with Gasteiger partial charge in [-0.15, -0.1) is 0 Å². The van der Waals surface area contributed by atoms with E-state index in [-0.39, 0.29) is 5.56 Å². The molecule has 1 heterocycles. The van der Waals surface area contributed by atoms with Gasteiger partial charge in [-0.2, -0.15) is 0 Å². The average Bonchev–Trinajstić information content (AvgIpc) is 2.29. The van der Waals surface area contributed by atoms with Crippen molar-refractivity contribution in [2.45, 2.75) is 0 Å². The van der Waals surface area contributed by atoms with E-state index in [0.29, 0.717) is 11.6 Å². The maximum absolute atomic E-state index is 13.5. The largest absolute Gasteiger partial charge is 0.357 e. The summed E-state index contributed by atoms with van der Waals surface area (Å²) in [5.41, 5.74) is 0.664. The number of nitrogens with zero attached hydrogens (tertiary/aromatic N) is 2. The summed E-state index contributed by atoms with van der Waals surface area (Å²) in [7, 11) is 1.67. The first kappa shape index (κ1) is 10.5. The molecule has 0 atom stereocenters. The van der Waals surface area contributed by atoms with E-state index in [0.717, 1.165) is 6.07 Å². The van der Waals surface area contributed by atoms with E-state index in [9.17, 15) is 8.78 Å². The van der Waals surface area contributed by atoms with Crippen LogP contribution in [0.5, 0.6) is 0 Å². The van der Waals surface area contributed by atoms with Crippen LogP contribution in [0.1, 0.15) is 0 Å². The number of aromatic nitrogens is 2. The molecule has 0 aliphatic rings. The fourth-order valence-corrected chi connectivity index (χ4v) is 1.33. The van der Waals surface area contributed by atoms with Crippen molar-refractivity contribution < 1.29 is 8.78 Å². The number of rotatable bonds is 2. The Labute approximate surface area is 91.2 Å². The van der Waals surface area contributed by atoms with E-state index in [1.807, 2.05) is 0 Å². The highest BCUT2D eigenvalue weighted by Gasteiger charge is 2.08. The molecular formula is C11H9F2N3. The molecule has 2 rings (SSSR count). The van der Waals surface area contributed by atoms with Crippen LogP contribution in [0.3, 0.4) is 0 Å². The van der Waals surface area contributed by atoms with Crippen LogP contribution in [0.25, 0.3) is 11.3 Å². The highest BCUT2D eigenvalue weighted by Crippen LogP contribution is 2.21. The SMILES string of the molecule is CNc1nccc(-c2ccc(F)cc2F)n1. The van der Waals surface area contributed by atoms with Gasteiger partial charge in [-0.25, -0.2) is 18.7 Å². The fourth-order valence-electron chi connectivity index (χ4n) is 1.33. The van der Waals surface area contributed by atoms with Gasteiger partial charge in [0, 0.05) is 24.9 Å². The minimum Gasteiger partial charge on any atom is -0.357 e. The molecule has 0 spiro atoms. The van der Waals surface area contributed by atoms with Gasteiger partial charge >= 0.3 is 0 Å². The first-order valence-corrected chi connectivity index (χ1v) is 4.67. The highest BCUT2D eigenvalue weighted by molar-refractivity contribution is 5.60. The molecule has 2 aromatic rings. The van der Waals surface area contributed by atoms with Gasteiger partial charge in [0.1, 0.15) is 11.6 Å². The summed E-state index contributed by atoms with van der Waals surface area (Å²) in [5.74, 6) is -0.855. The summed E-state index contributed by atoms with van der Waals surface area (Å²) in [6.45, 7) is 0. The van der Waals surface area contributed by atoms with Crippen LogP contribution in [-0.2, 0) is 0 Å². The second kappa shape index (κ2) is 4.22. The Bertz CT molecular complexity index is 514. The third-order valence-corrected chi connectivity index (χ3v) is 2.09. The van der Waals surface area contributed by atoms with E-state index in [1.54, 1.807) is 13.1 Å². The molecule has 0 unspecified atom stereocenters. The molecular weight excluding hydrogens is 212 g/mol. The van der Waals surface area contributed by atoms with E-state index >= 15 is 0 Å². The summed E-state index contributed by atoms with van der Waals surface area (Å²) >= 11 is 0. The lowest BCUT2D eigenvalue weighted by molar-refractivity contribution is 0.585. The molecule has 0 bridgehead atoms. The van der Waals surface area contributed by atoms with E-state index in [2.05, 4.69) is 15.3 Å². The normalized spacial score (nSPS) is 10.2. The van der Waals surface area contributed by atoms with E-state index in [4.69, 9.17) is 0 Å². The molecule has 1 aromatic heterocycles. The van der Waals surface area contributed by atoms with Crippen LogP contribution in [0.2, 0.25) is 0 Å². The maximum atomic E-state index is 13.5. The number of benzene rings is 1. The van der Waals surface area contributed by atoms with Crippen LogP contribution in [0.15, 0.2) is 30.5 Å². The molecule has 0 aliphatic carbocycles. The molecule has 1 aromatic carbocycles. The monoisotopic (exact) mass is 221 g/mol. The van der Waals surface area contributed by atoms with Crippen molar-refractivity contribution in [2.75, 3.05) is 12.4 Å². The number of halogens is 2. The zero-order valence-corrected chi connectivity index (χ0v) is 8.54. The zero-order chi connectivity index (χ0) is 11.5. The first-order chi connectivity index (χ1) is 7.70. The summed E-state index contributed by atoms with van der Waals surface area (Å²) in [4.78, 5) is 7.98. The highest BCUT2D eigenvalue weighted by atomic mass is 19.1. The Morgan fingerprint density at radius 3 is 2.69 bits per heavy atom. The Kier molecular flexibility index (Phi) is 2.76. The molecule has 82 valence electrons. The van der Waals surface area contributed by atoms with Crippen LogP contribution < -0.4 is 5.32 Å². The average molecular weight is 221 g/mol. The lowest BCUT2D eigenvalue weighted by atomic mass is 10.1. The molecule has 1 N–H and O–H groups in total. The Morgan fingerprint density at radius 1 is 1.19 bits per heavy atom. The second-order valence-electron chi connectivity index (χ2n) is 3.14. The third kappa shape index (κ3) is 1.98. The number of anilines is 1. The van der Waals surface area contributed by atoms with Crippen molar-refractivity contribution in [3.05, 3.63) is 42.1 Å². The van der Waals surface area contributed by atoms with Crippen LogP contribution in [0, 0.1) is 11.6 Å². The smallest absolute Gasteiger partial charge is 0.222 e. The van der Waals surface area contributed by atoms with Crippen LogP contribution >= 0.6 is 0 Å². The van der Waals surface area contributed by atoms with Crippen molar-refractivity contribution in [3.63, 3.8) is 0 Å². The van der Waals surface area contributed by atoms with Crippen molar-refractivity contribution >= 4 is 5.95 Å². The van der Waals surface area contributed by atoms with Gasteiger partial charge in [-0.1, -0.05) is 0 Å². The number of nitrogens with one attached hydrogen (secondary N) is 1. The standard InChI is InChI=1S/C11H9F2N3/c1-14-11-15-5-4-10(16-11)8-3-2-7(12)6-9(8)13/h2-6H,1H3,(H,14,15,16). The van der Waals surface area contributed by atoms with Gasteiger partial charge in [0.25, 0.3) is 0 Å². The lowest BCUT2D eigenvalue weighted by Gasteiger charge is -2.04. The Hall–Kier alpha value is -2.04. The van der Waals surface area contributed by atoms with E-state index in [1.165, 1.54) is 18.3 Å². The molecule has 16 heavy (non-hydrogen) atoms. The van der Waals surface area contributed by atoms with Crippen LogP contribution in [0.4, 0.5) is 14.7 Å². The van der Waals surface area contributed by atoms with Crippen LogP contribution in [-0.4, -0.2) is 17.0 Å². The molecule has 0 aliphatic heterocycles. The fraction of sp³-hybridized carbons (Fsp3) is 0.0909. The molecule has 0 amide bonds. The van der Waals surface area contributed by atoms with Gasteiger partial charge in [-0.3, -0.25) is 0 Å². The first-order valence-electron chi connectivity index (χ1n) is 4.67. The van der Waals surface area contributed by atoms with Gasteiger partial charge in [-0.05, 0) is 18.2 Å². The molecule has 0 fully saturated rings. The summed E-state index contributed by atoms with van der Waals surface area (Å²) in [6.07, 6.45) is 1.51. The number of hydrogen-bond acceptors (Lipinski definition) is 3. The van der Waals surface area contributed by atoms with Crippen molar-refractivity contribution in [3.8, 4) is 11.3 Å². The minimum atomic E-state index is -0.638. The summed E-state index contributed by atoms with van der Waals surface area (Å²) in [6, 6.07) is 4.94. The maximum Gasteiger partial charge on any atom is 0.222 e. The topological polar surface area (TPSA) is 37.8 Å².